The fourth-order valence-electron chi connectivity index (χ4n) is 1.79. The third-order valence-corrected chi connectivity index (χ3v) is 2.63. The summed E-state index contributed by atoms with van der Waals surface area (Å²) in [5.74, 6) is 0.429. The number of hydrogen-bond acceptors (Lipinski definition) is 5. The topological polar surface area (TPSA) is 77.7 Å². The smallest absolute Gasteiger partial charge is 0.342 e. The van der Waals surface area contributed by atoms with Crippen LogP contribution in [0.2, 0.25) is 0 Å². The van der Waals surface area contributed by atoms with Crippen molar-refractivity contribution in [1.82, 2.24) is 5.27 Å². The molecule has 0 aliphatic heterocycles. The summed E-state index contributed by atoms with van der Waals surface area (Å²) in [5.41, 5.74) is 0.834. The lowest BCUT2D eigenvalue weighted by molar-refractivity contribution is -0.769. The van der Waals surface area contributed by atoms with Gasteiger partial charge in [0.2, 0.25) is 5.27 Å². The van der Waals surface area contributed by atoms with Gasteiger partial charge in [0.15, 0.2) is 6.54 Å². The number of hydrogen-bond donors (Lipinski definition) is 0. The van der Waals surface area contributed by atoms with E-state index in [0.717, 1.165) is 18.7 Å². The highest BCUT2D eigenvalue weighted by molar-refractivity contribution is 5.25. The Morgan fingerprint density at radius 3 is 2.71 bits per heavy atom. The third-order valence-electron chi connectivity index (χ3n) is 2.63. The summed E-state index contributed by atoms with van der Waals surface area (Å²) in [7, 11) is 0. The lowest BCUT2D eigenvalue weighted by Gasteiger charge is -1.98. The lowest BCUT2D eigenvalue weighted by Crippen LogP contribution is -2.39. The molecule has 1 aromatic rings. The van der Waals surface area contributed by atoms with Crippen LogP contribution in [0, 0.1) is 5.21 Å². The molecule has 0 amide bonds. The van der Waals surface area contributed by atoms with E-state index in [0.29, 0.717) is 0 Å². The molecule has 17 heavy (non-hydrogen) atoms. The van der Waals surface area contributed by atoms with Crippen LogP contribution in [-0.2, 0) is 6.54 Å². The average molecular weight is 240 g/mol. The summed E-state index contributed by atoms with van der Waals surface area (Å²) in [6, 6.07) is 0. The van der Waals surface area contributed by atoms with Crippen molar-refractivity contribution in [2.45, 2.75) is 58.9 Å². The van der Waals surface area contributed by atoms with Crippen LogP contribution >= 0.6 is 0 Å². The molecule has 0 aliphatic carbocycles. The zero-order chi connectivity index (χ0) is 12.7. The van der Waals surface area contributed by atoms with Crippen molar-refractivity contribution in [3.8, 4) is 0 Å². The molecule has 0 fully saturated rings. The van der Waals surface area contributed by atoms with Gasteiger partial charge in [-0.3, -0.25) is 4.52 Å². The van der Waals surface area contributed by atoms with E-state index in [2.05, 4.69) is 22.6 Å². The van der Waals surface area contributed by atoms with Crippen molar-refractivity contribution in [2.24, 2.45) is 10.4 Å². The van der Waals surface area contributed by atoms with Crippen LogP contribution in [0.1, 0.15) is 58.1 Å². The molecule has 0 N–H and O–H groups in total. The number of nitrogens with zero attached hydrogens (tertiary/aromatic N) is 4. The normalized spacial score (nSPS) is 11.8. The van der Waals surface area contributed by atoms with Crippen LogP contribution in [0.15, 0.2) is 14.9 Å². The van der Waals surface area contributed by atoms with Crippen LogP contribution in [0.5, 0.6) is 0 Å². The van der Waals surface area contributed by atoms with E-state index in [-0.39, 0.29) is 11.8 Å². The molecule has 0 saturated carbocycles. The van der Waals surface area contributed by atoms with E-state index in [4.69, 9.17) is 4.52 Å². The lowest BCUT2D eigenvalue weighted by atomic mass is 10.1. The van der Waals surface area contributed by atoms with Crippen molar-refractivity contribution >= 4 is 5.88 Å². The Hall–Kier alpha value is -1.46. The molecule has 0 unspecified atom stereocenters. The van der Waals surface area contributed by atoms with Gasteiger partial charge in [-0.2, -0.15) is 0 Å². The SMILES string of the molecule is CCCCCC[n+]1noc(/N=N/[O-])c1C(C)C. The maximum Gasteiger partial charge on any atom is 0.342 e. The number of rotatable bonds is 7. The highest BCUT2D eigenvalue weighted by Gasteiger charge is 2.27. The summed E-state index contributed by atoms with van der Waals surface area (Å²) >= 11 is 0. The molecule has 0 atom stereocenters. The molecule has 6 heteroatoms. The zero-order valence-corrected chi connectivity index (χ0v) is 10.7. The average Bonchev–Trinajstić information content (AvgIpc) is 2.68. The van der Waals surface area contributed by atoms with Crippen molar-refractivity contribution in [3.63, 3.8) is 0 Å². The second kappa shape index (κ2) is 6.98. The number of unbranched alkanes of at least 4 members (excludes halogenated alkanes) is 3. The van der Waals surface area contributed by atoms with Crippen LogP contribution < -0.4 is 4.68 Å². The first-order valence-corrected chi connectivity index (χ1v) is 6.13. The molecule has 0 aromatic carbocycles. The molecule has 1 aromatic heterocycles. The summed E-state index contributed by atoms with van der Waals surface area (Å²) in [5, 5.41) is 20.0. The largest absolute Gasteiger partial charge is 0.775 e. The fraction of sp³-hybridized carbons (Fsp3) is 0.818. The van der Waals surface area contributed by atoms with Gasteiger partial charge in [-0.1, -0.05) is 33.6 Å². The second-order valence-corrected chi connectivity index (χ2v) is 4.38. The van der Waals surface area contributed by atoms with Gasteiger partial charge in [-0.15, -0.1) is 5.11 Å². The first-order valence-electron chi connectivity index (χ1n) is 6.13. The van der Waals surface area contributed by atoms with Gasteiger partial charge < -0.3 is 5.21 Å². The minimum Gasteiger partial charge on any atom is -0.775 e. The first kappa shape index (κ1) is 13.6. The molecule has 0 bridgehead atoms. The Morgan fingerprint density at radius 2 is 2.12 bits per heavy atom. The van der Waals surface area contributed by atoms with Crippen LogP contribution in [-0.4, -0.2) is 5.27 Å². The molecule has 96 valence electrons. The molecule has 6 nitrogen and oxygen atoms in total. The minimum absolute atomic E-state index is 0.202. The van der Waals surface area contributed by atoms with Gasteiger partial charge in [0, 0.05) is 12.3 Å². The molecule has 1 rings (SSSR count). The summed E-state index contributed by atoms with van der Waals surface area (Å²) < 4.78 is 6.79. The molecular formula is C11H20N4O2. The van der Waals surface area contributed by atoms with Crippen LogP contribution in [0.4, 0.5) is 5.88 Å². The van der Waals surface area contributed by atoms with E-state index in [1.54, 1.807) is 4.68 Å². The zero-order valence-electron chi connectivity index (χ0n) is 10.7. The molecule has 0 spiro atoms. The van der Waals surface area contributed by atoms with Gasteiger partial charge in [-0.05, 0) is 11.1 Å². The summed E-state index contributed by atoms with van der Waals surface area (Å²) in [6.45, 7) is 7.00. The predicted molar refractivity (Wildman–Crippen MR) is 62.8 cm³/mol. The quantitative estimate of drug-likeness (QED) is 0.317. The van der Waals surface area contributed by atoms with E-state index in [9.17, 15) is 5.21 Å². The van der Waals surface area contributed by atoms with E-state index in [1.165, 1.54) is 19.3 Å². The van der Waals surface area contributed by atoms with Crippen molar-refractivity contribution in [3.05, 3.63) is 10.9 Å². The molecule has 0 saturated heterocycles. The van der Waals surface area contributed by atoms with Gasteiger partial charge in [0.1, 0.15) is 0 Å². The van der Waals surface area contributed by atoms with Gasteiger partial charge in [0.05, 0.1) is 0 Å². The molecule has 0 radical (unpaired) electrons. The van der Waals surface area contributed by atoms with E-state index in [1.807, 2.05) is 13.8 Å². The summed E-state index contributed by atoms with van der Waals surface area (Å²) in [4.78, 5) is 0. The predicted octanol–water partition coefficient (Wildman–Crippen LogP) is 3.25. The molecular weight excluding hydrogens is 220 g/mol. The fourth-order valence-corrected chi connectivity index (χ4v) is 1.79. The van der Waals surface area contributed by atoms with Gasteiger partial charge in [-0.25, -0.2) is 5.28 Å². The van der Waals surface area contributed by atoms with Gasteiger partial charge in [0.25, 0.3) is 5.69 Å². The Labute approximate surface area is 101 Å². The standard InChI is InChI=1S/C11H20N4O2/c1-4-5-6-7-8-15-10(9(2)3)11(12-13-16)17-14-15/h9H,4-8H2,1-3H3. The van der Waals surface area contributed by atoms with E-state index >= 15 is 0 Å². The summed E-state index contributed by atoms with van der Waals surface area (Å²) in [6.07, 6.45) is 4.66. The maximum atomic E-state index is 10.1. The van der Waals surface area contributed by atoms with Crippen molar-refractivity contribution < 1.29 is 9.20 Å². The Kier molecular flexibility index (Phi) is 5.59. The van der Waals surface area contributed by atoms with Crippen molar-refractivity contribution in [2.75, 3.05) is 0 Å². The van der Waals surface area contributed by atoms with Crippen molar-refractivity contribution in [1.29, 1.82) is 0 Å². The highest BCUT2D eigenvalue weighted by Crippen LogP contribution is 2.23. The minimum atomic E-state index is 0.202. The molecule has 0 aliphatic rings. The van der Waals surface area contributed by atoms with Crippen LogP contribution in [0.25, 0.3) is 0 Å². The number of aryl methyl sites for hydroxylation is 1. The Balaban J connectivity index is 2.71. The Morgan fingerprint density at radius 1 is 1.35 bits per heavy atom. The monoisotopic (exact) mass is 240 g/mol. The Bertz CT molecular complexity index is 360. The number of aromatic nitrogens is 2. The van der Waals surface area contributed by atoms with E-state index < -0.39 is 0 Å². The maximum absolute atomic E-state index is 10.1. The van der Waals surface area contributed by atoms with Gasteiger partial charge >= 0.3 is 5.88 Å². The highest BCUT2D eigenvalue weighted by atomic mass is 16.5. The first-order chi connectivity index (χ1) is 8.20. The van der Waals surface area contributed by atoms with Crippen LogP contribution in [0.3, 0.4) is 0 Å². The molecule has 1 heterocycles. The third kappa shape index (κ3) is 3.80. The second-order valence-electron chi connectivity index (χ2n) is 4.38.